The van der Waals surface area contributed by atoms with Gasteiger partial charge in [0.1, 0.15) is 5.54 Å². The third-order valence-corrected chi connectivity index (χ3v) is 2.05. The SMILES string of the molecule is CCC(N)(C#N)c1ccccc1. The topological polar surface area (TPSA) is 49.8 Å². The lowest BCUT2D eigenvalue weighted by Crippen LogP contribution is -2.33. The molecule has 12 heavy (non-hydrogen) atoms. The molecule has 2 heteroatoms. The van der Waals surface area contributed by atoms with Gasteiger partial charge in [-0.15, -0.1) is 0 Å². The molecular formula is C10H12N2. The average molecular weight is 160 g/mol. The van der Waals surface area contributed by atoms with Crippen molar-refractivity contribution in [2.75, 3.05) is 0 Å². The minimum absolute atomic E-state index is 0.632. The Morgan fingerprint density at radius 2 is 2.00 bits per heavy atom. The fourth-order valence-corrected chi connectivity index (χ4v) is 1.08. The second kappa shape index (κ2) is 3.38. The summed E-state index contributed by atoms with van der Waals surface area (Å²) >= 11 is 0. The van der Waals surface area contributed by atoms with E-state index in [0.717, 1.165) is 5.56 Å². The lowest BCUT2D eigenvalue weighted by molar-refractivity contribution is 0.555. The maximum Gasteiger partial charge on any atom is 0.129 e. The lowest BCUT2D eigenvalue weighted by atomic mass is 9.90. The van der Waals surface area contributed by atoms with Crippen LogP contribution in [0.2, 0.25) is 0 Å². The number of hydrogen-bond donors (Lipinski definition) is 1. The van der Waals surface area contributed by atoms with Crippen molar-refractivity contribution in [2.45, 2.75) is 18.9 Å². The molecule has 0 fully saturated rings. The van der Waals surface area contributed by atoms with E-state index in [9.17, 15) is 0 Å². The second-order valence-electron chi connectivity index (χ2n) is 2.80. The highest BCUT2D eigenvalue weighted by Crippen LogP contribution is 2.19. The minimum atomic E-state index is -0.818. The van der Waals surface area contributed by atoms with Gasteiger partial charge in [0.05, 0.1) is 6.07 Å². The van der Waals surface area contributed by atoms with Crippen LogP contribution in [0.3, 0.4) is 0 Å². The van der Waals surface area contributed by atoms with Crippen LogP contribution in [0.5, 0.6) is 0 Å². The Balaban J connectivity index is 3.06. The standard InChI is InChI=1S/C10H12N2/c1-2-10(12,8-11)9-6-4-3-5-7-9/h3-7H,2,12H2,1H3. The average Bonchev–Trinajstić information content (AvgIpc) is 2.18. The molecule has 2 N–H and O–H groups in total. The van der Waals surface area contributed by atoms with Crippen LogP contribution in [0.1, 0.15) is 18.9 Å². The number of hydrogen-bond acceptors (Lipinski definition) is 2. The molecule has 1 aromatic carbocycles. The molecule has 0 aliphatic heterocycles. The summed E-state index contributed by atoms with van der Waals surface area (Å²) in [5, 5.41) is 8.86. The van der Waals surface area contributed by atoms with Crippen molar-refractivity contribution in [3.05, 3.63) is 35.9 Å². The lowest BCUT2D eigenvalue weighted by Gasteiger charge is -2.19. The van der Waals surface area contributed by atoms with Crippen LogP contribution in [0.15, 0.2) is 30.3 Å². The van der Waals surface area contributed by atoms with Crippen molar-refractivity contribution in [3.8, 4) is 6.07 Å². The summed E-state index contributed by atoms with van der Waals surface area (Å²) in [6, 6.07) is 11.6. The van der Waals surface area contributed by atoms with Crippen LogP contribution in [0.25, 0.3) is 0 Å². The van der Waals surface area contributed by atoms with Gasteiger partial charge in [-0.05, 0) is 12.0 Å². The van der Waals surface area contributed by atoms with Gasteiger partial charge >= 0.3 is 0 Å². The number of nitriles is 1. The summed E-state index contributed by atoms with van der Waals surface area (Å²) in [5.74, 6) is 0. The Labute approximate surface area is 72.6 Å². The van der Waals surface area contributed by atoms with E-state index in [4.69, 9.17) is 11.0 Å². The van der Waals surface area contributed by atoms with E-state index in [1.165, 1.54) is 0 Å². The van der Waals surface area contributed by atoms with E-state index in [-0.39, 0.29) is 0 Å². The van der Waals surface area contributed by atoms with Crippen LogP contribution in [-0.2, 0) is 5.54 Å². The Bertz CT molecular complexity index is 286. The van der Waals surface area contributed by atoms with E-state index in [0.29, 0.717) is 6.42 Å². The summed E-state index contributed by atoms with van der Waals surface area (Å²) in [5.41, 5.74) is 5.92. The van der Waals surface area contributed by atoms with Crippen LogP contribution >= 0.6 is 0 Å². The largest absolute Gasteiger partial charge is 0.310 e. The molecule has 62 valence electrons. The predicted molar refractivity (Wildman–Crippen MR) is 48.2 cm³/mol. The van der Waals surface area contributed by atoms with Gasteiger partial charge in [-0.1, -0.05) is 37.3 Å². The first-order valence-corrected chi connectivity index (χ1v) is 3.98. The second-order valence-corrected chi connectivity index (χ2v) is 2.80. The zero-order chi connectivity index (χ0) is 9.03. The summed E-state index contributed by atoms with van der Waals surface area (Å²) < 4.78 is 0. The normalized spacial score (nSPS) is 14.8. The monoisotopic (exact) mass is 160 g/mol. The predicted octanol–water partition coefficient (Wildman–Crippen LogP) is 1.77. The smallest absolute Gasteiger partial charge is 0.129 e. The number of nitrogens with zero attached hydrogens (tertiary/aromatic N) is 1. The first-order valence-electron chi connectivity index (χ1n) is 3.98. The Kier molecular flexibility index (Phi) is 2.47. The highest BCUT2D eigenvalue weighted by Gasteiger charge is 2.23. The molecule has 1 rings (SSSR count). The van der Waals surface area contributed by atoms with Crippen LogP contribution < -0.4 is 5.73 Å². The molecule has 0 radical (unpaired) electrons. The van der Waals surface area contributed by atoms with E-state index in [1.807, 2.05) is 37.3 Å². The first-order chi connectivity index (χ1) is 5.73. The first kappa shape index (κ1) is 8.76. The van der Waals surface area contributed by atoms with Gasteiger partial charge in [-0.25, -0.2) is 0 Å². The van der Waals surface area contributed by atoms with Gasteiger partial charge in [0.2, 0.25) is 0 Å². The zero-order valence-electron chi connectivity index (χ0n) is 7.12. The van der Waals surface area contributed by atoms with Crippen LogP contribution in [0.4, 0.5) is 0 Å². The molecule has 0 saturated heterocycles. The zero-order valence-corrected chi connectivity index (χ0v) is 7.12. The quantitative estimate of drug-likeness (QED) is 0.716. The third-order valence-electron chi connectivity index (χ3n) is 2.05. The molecule has 2 nitrogen and oxygen atoms in total. The van der Waals surface area contributed by atoms with Crippen molar-refractivity contribution in [1.82, 2.24) is 0 Å². The summed E-state index contributed by atoms with van der Waals surface area (Å²) in [6.45, 7) is 1.91. The molecule has 0 amide bonds. The molecule has 1 atom stereocenters. The third kappa shape index (κ3) is 1.46. The Morgan fingerprint density at radius 1 is 1.42 bits per heavy atom. The van der Waals surface area contributed by atoms with Crippen molar-refractivity contribution in [1.29, 1.82) is 5.26 Å². The maximum atomic E-state index is 8.86. The number of nitrogens with two attached hydrogens (primary N) is 1. The molecule has 0 aliphatic rings. The van der Waals surface area contributed by atoms with Gasteiger partial charge < -0.3 is 5.73 Å². The molecule has 0 saturated carbocycles. The van der Waals surface area contributed by atoms with Crippen molar-refractivity contribution >= 4 is 0 Å². The van der Waals surface area contributed by atoms with Crippen molar-refractivity contribution in [3.63, 3.8) is 0 Å². The van der Waals surface area contributed by atoms with E-state index in [1.54, 1.807) is 0 Å². The van der Waals surface area contributed by atoms with E-state index < -0.39 is 5.54 Å². The summed E-state index contributed by atoms with van der Waals surface area (Å²) in [6.07, 6.45) is 0.632. The van der Waals surface area contributed by atoms with Gasteiger partial charge in [0.25, 0.3) is 0 Å². The van der Waals surface area contributed by atoms with Crippen LogP contribution in [-0.4, -0.2) is 0 Å². The fourth-order valence-electron chi connectivity index (χ4n) is 1.08. The van der Waals surface area contributed by atoms with Gasteiger partial charge in [0.15, 0.2) is 0 Å². The van der Waals surface area contributed by atoms with Gasteiger partial charge in [-0.3, -0.25) is 0 Å². The van der Waals surface area contributed by atoms with E-state index >= 15 is 0 Å². The molecule has 0 bridgehead atoms. The van der Waals surface area contributed by atoms with Crippen molar-refractivity contribution in [2.24, 2.45) is 5.73 Å². The van der Waals surface area contributed by atoms with Crippen molar-refractivity contribution < 1.29 is 0 Å². The highest BCUT2D eigenvalue weighted by molar-refractivity contribution is 5.29. The molecule has 0 spiro atoms. The molecule has 0 aliphatic carbocycles. The number of benzene rings is 1. The van der Waals surface area contributed by atoms with Gasteiger partial charge in [0, 0.05) is 0 Å². The van der Waals surface area contributed by atoms with Crippen LogP contribution in [0, 0.1) is 11.3 Å². The molecule has 1 unspecified atom stereocenters. The Hall–Kier alpha value is -1.33. The number of rotatable bonds is 2. The van der Waals surface area contributed by atoms with E-state index in [2.05, 4.69) is 6.07 Å². The fraction of sp³-hybridized carbons (Fsp3) is 0.300. The molecule has 0 aromatic heterocycles. The maximum absolute atomic E-state index is 8.86. The summed E-state index contributed by atoms with van der Waals surface area (Å²) in [4.78, 5) is 0. The van der Waals surface area contributed by atoms with Gasteiger partial charge in [-0.2, -0.15) is 5.26 Å². The highest BCUT2D eigenvalue weighted by atomic mass is 14.7. The Morgan fingerprint density at radius 3 is 2.42 bits per heavy atom. The molecule has 1 aromatic rings. The minimum Gasteiger partial charge on any atom is -0.310 e. The molecule has 0 heterocycles. The summed E-state index contributed by atoms with van der Waals surface area (Å²) in [7, 11) is 0. The molecular weight excluding hydrogens is 148 g/mol.